The van der Waals surface area contributed by atoms with Crippen LogP contribution >= 0.6 is 11.6 Å². The predicted octanol–water partition coefficient (Wildman–Crippen LogP) is 3.21. The summed E-state index contributed by atoms with van der Waals surface area (Å²) in [5.74, 6) is 0.228. The lowest BCUT2D eigenvalue weighted by molar-refractivity contribution is 0.476. The second kappa shape index (κ2) is 5.68. The van der Waals surface area contributed by atoms with E-state index in [4.69, 9.17) is 11.6 Å². The van der Waals surface area contributed by atoms with Crippen LogP contribution in [0.4, 0.5) is 0 Å². The Balaban J connectivity index is 2.39. The summed E-state index contributed by atoms with van der Waals surface area (Å²) in [5, 5.41) is 1.13. The van der Waals surface area contributed by atoms with Crippen molar-refractivity contribution in [1.82, 2.24) is 9.71 Å². The third kappa shape index (κ3) is 3.29. The molecule has 0 aliphatic carbocycles. The van der Waals surface area contributed by atoms with Gasteiger partial charge < -0.3 is 0 Å². The summed E-state index contributed by atoms with van der Waals surface area (Å²) in [5.41, 5.74) is 0.674. The fraction of sp³-hybridized carbons (Fsp3) is 0.357. The molecule has 0 radical (unpaired) electrons. The number of hydrogen-bond acceptors (Lipinski definition) is 3. The van der Waals surface area contributed by atoms with Crippen molar-refractivity contribution in [2.75, 3.05) is 0 Å². The number of rotatable bonds is 4. The molecule has 6 heteroatoms. The van der Waals surface area contributed by atoms with E-state index >= 15 is 0 Å². The molecule has 0 bridgehead atoms. The fourth-order valence-corrected chi connectivity index (χ4v) is 3.28. The number of halogens is 1. The Morgan fingerprint density at radius 3 is 2.50 bits per heavy atom. The molecule has 108 valence electrons. The van der Waals surface area contributed by atoms with Crippen LogP contribution in [0.15, 0.2) is 35.2 Å². The molecular weight excluding hydrogens is 296 g/mol. The molecule has 0 fully saturated rings. The maximum absolute atomic E-state index is 12.3. The van der Waals surface area contributed by atoms with Gasteiger partial charge in [-0.3, -0.25) is 0 Å². The average Bonchev–Trinajstić information content (AvgIpc) is 2.37. The van der Waals surface area contributed by atoms with E-state index in [1.807, 2.05) is 20.8 Å². The summed E-state index contributed by atoms with van der Waals surface area (Å²) in [6, 6.07) is 8.09. The second-order valence-corrected chi connectivity index (χ2v) is 7.24. The quantitative estimate of drug-likeness (QED) is 0.882. The topological polar surface area (TPSA) is 59.1 Å². The minimum Gasteiger partial charge on any atom is -0.236 e. The van der Waals surface area contributed by atoms with Crippen LogP contribution in [0.3, 0.4) is 0 Å². The lowest BCUT2D eigenvalue weighted by atomic mass is 10.1. The number of benzene rings is 1. The zero-order valence-corrected chi connectivity index (χ0v) is 13.2. The Bertz CT molecular complexity index is 729. The molecule has 2 aromatic rings. The van der Waals surface area contributed by atoms with Crippen LogP contribution < -0.4 is 4.72 Å². The van der Waals surface area contributed by atoms with Crippen molar-refractivity contribution in [3.8, 4) is 0 Å². The van der Waals surface area contributed by atoms with E-state index in [-0.39, 0.29) is 16.9 Å². The molecule has 1 unspecified atom stereocenters. The first-order chi connectivity index (χ1) is 9.29. The first-order valence-electron chi connectivity index (χ1n) is 6.38. The largest absolute Gasteiger partial charge is 0.240 e. The van der Waals surface area contributed by atoms with Gasteiger partial charge in [0.15, 0.2) is 0 Å². The Hall–Kier alpha value is -1.17. The SMILES string of the molecule is CC(C)C(C)NS(=O)(=O)c1ccc2nc(Cl)ccc2c1. The maximum atomic E-state index is 12.3. The van der Waals surface area contributed by atoms with Gasteiger partial charge in [0.25, 0.3) is 0 Å². The molecule has 1 N–H and O–H groups in total. The summed E-state index contributed by atoms with van der Waals surface area (Å²) in [7, 11) is -3.52. The summed E-state index contributed by atoms with van der Waals surface area (Å²) in [6.45, 7) is 5.80. The summed E-state index contributed by atoms with van der Waals surface area (Å²) in [6.07, 6.45) is 0. The van der Waals surface area contributed by atoms with Gasteiger partial charge in [-0.25, -0.2) is 18.1 Å². The molecule has 1 heterocycles. The Morgan fingerprint density at radius 2 is 1.85 bits per heavy atom. The molecule has 1 atom stereocenters. The van der Waals surface area contributed by atoms with Crippen molar-refractivity contribution in [1.29, 1.82) is 0 Å². The summed E-state index contributed by atoms with van der Waals surface area (Å²) < 4.78 is 27.3. The highest BCUT2D eigenvalue weighted by Gasteiger charge is 2.19. The van der Waals surface area contributed by atoms with Crippen LogP contribution in [0.25, 0.3) is 10.9 Å². The summed E-state index contributed by atoms with van der Waals surface area (Å²) in [4.78, 5) is 4.38. The van der Waals surface area contributed by atoms with E-state index in [9.17, 15) is 8.42 Å². The minimum atomic E-state index is -3.52. The molecule has 0 saturated carbocycles. The number of pyridine rings is 1. The number of fused-ring (bicyclic) bond motifs is 1. The number of nitrogens with one attached hydrogen (secondary N) is 1. The third-order valence-electron chi connectivity index (χ3n) is 3.28. The van der Waals surface area contributed by atoms with Crippen molar-refractivity contribution in [2.24, 2.45) is 5.92 Å². The molecule has 0 amide bonds. The molecule has 0 spiro atoms. The second-order valence-electron chi connectivity index (χ2n) is 5.14. The molecule has 1 aromatic carbocycles. The summed E-state index contributed by atoms with van der Waals surface area (Å²) >= 11 is 5.81. The van der Waals surface area contributed by atoms with Gasteiger partial charge in [0.05, 0.1) is 10.4 Å². The molecular formula is C14H17ClN2O2S. The van der Waals surface area contributed by atoms with Crippen molar-refractivity contribution < 1.29 is 8.42 Å². The van der Waals surface area contributed by atoms with Gasteiger partial charge in [-0.15, -0.1) is 0 Å². The van der Waals surface area contributed by atoms with Crippen molar-refractivity contribution >= 4 is 32.5 Å². The van der Waals surface area contributed by atoms with Gasteiger partial charge in [-0.05, 0) is 43.2 Å². The van der Waals surface area contributed by atoms with E-state index in [1.54, 1.807) is 30.3 Å². The van der Waals surface area contributed by atoms with Crippen LogP contribution in [0.5, 0.6) is 0 Å². The van der Waals surface area contributed by atoms with Gasteiger partial charge in [0, 0.05) is 11.4 Å². The normalized spacial score (nSPS) is 13.8. The van der Waals surface area contributed by atoms with E-state index < -0.39 is 10.0 Å². The van der Waals surface area contributed by atoms with Gasteiger partial charge >= 0.3 is 0 Å². The van der Waals surface area contributed by atoms with Gasteiger partial charge in [0.2, 0.25) is 10.0 Å². The van der Waals surface area contributed by atoms with Crippen LogP contribution in [0.2, 0.25) is 5.15 Å². The van der Waals surface area contributed by atoms with Crippen LogP contribution in [-0.2, 0) is 10.0 Å². The first kappa shape index (κ1) is 15.2. The average molecular weight is 313 g/mol. The molecule has 0 saturated heterocycles. The molecule has 20 heavy (non-hydrogen) atoms. The number of nitrogens with zero attached hydrogens (tertiary/aromatic N) is 1. The standard InChI is InChI=1S/C14H17ClN2O2S/c1-9(2)10(3)17-20(18,19)12-5-6-13-11(8-12)4-7-14(15)16-13/h4-10,17H,1-3H3. The Labute approximate surface area is 124 Å². The Kier molecular flexibility index (Phi) is 4.32. The molecule has 0 aliphatic rings. The smallest absolute Gasteiger partial charge is 0.236 e. The van der Waals surface area contributed by atoms with Gasteiger partial charge in [-0.1, -0.05) is 25.4 Å². The predicted molar refractivity (Wildman–Crippen MR) is 81.4 cm³/mol. The third-order valence-corrected chi connectivity index (χ3v) is 5.05. The van der Waals surface area contributed by atoms with Crippen LogP contribution in [0, 0.1) is 5.92 Å². The van der Waals surface area contributed by atoms with Crippen molar-refractivity contribution in [3.63, 3.8) is 0 Å². The van der Waals surface area contributed by atoms with Crippen LogP contribution in [-0.4, -0.2) is 19.4 Å². The number of aromatic nitrogens is 1. The highest BCUT2D eigenvalue weighted by Crippen LogP contribution is 2.20. The van der Waals surface area contributed by atoms with Crippen molar-refractivity contribution in [3.05, 3.63) is 35.5 Å². The fourth-order valence-electron chi connectivity index (χ4n) is 1.69. The molecule has 0 aliphatic heterocycles. The minimum absolute atomic E-state index is 0.126. The lowest BCUT2D eigenvalue weighted by Gasteiger charge is -2.17. The number of sulfonamides is 1. The highest BCUT2D eigenvalue weighted by molar-refractivity contribution is 7.89. The van der Waals surface area contributed by atoms with E-state index in [0.29, 0.717) is 10.7 Å². The van der Waals surface area contributed by atoms with E-state index in [1.165, 1.54) is 0 Å². The maximum Gasteiger partial charge on any atom is 0.240 e. The molecule has 2 rings (SSSR count). The molecule has 4 nitrogen and oxygen atoms in total. The molecule has 1 aromatic heterocycles. The Morgan fingerprint density at radius 1 is 1.15 bits per heavy atom. The highest BCUT2D eigenvalue weighted by atomic mass is 35.5. The zero-order valence-electron chi connectivity index (χ0n) is 11.6. The van der Waals surface area contributed by atoms with Crippen molar-refractivity contribution in [2.45, 2.75) is 31.7 Å². The lowest BCUT2D eigenvalue weighted by Crippen LogP contribution is -2.36. The number of hydrogen-bond donors (Lipinski definition) is 1. The van der Waals surface area contributed by atoms with Crippen LogP contribution in [0.1, 0.15) is 20.8 Å². The van der Waals surface area contributed by atoms with E-state index in [0.717, 1.165) is 5.39 Å². The van der Waals surface area contributed by atoms with E-state index in [2.05, 4.69) is 9.71 Å². The van der Waals surface area contributed by atoms with Gasteiger partial charge in [0.1, 0.15) is 5.15 Å². The van der Waals surface area contributed by atoms with Gasteiger partial charge in [-0.2, -0.15) is 0 Å². The zero-order chi connectivity index (χ0) is 14.9. The first-order valence-corrected chi connectivity index (χ1v) is 8.24. The monoisotopic (exact) mass is 312 g/mol.